The molecular formula is C8H2Na4O8. The molecule has 0 N–H and O–H groups in total. The minimum atomic E-state index is -2.21. The molecule has 0 rings (SSSR count). The number of hydrogen-bond donors (Lipinski definition) is 0. The maximum absolute atomic E-state index is 10.3. The average Bonchev–Trinajstić information content (AvgIpc) is 2.09. The Kier molecular flexibility index (Phi) is 27.7. The molecule has 0 radical (unpaired) electrons. The predicted molar refractivity (Wildman–Crippen MR) is 36.2 cm³/mol. The Balaban J connectivity index is -0.000000187. The normalized spacial score (nSPS) is 9.60. The van der Waals surface area contributed by atoms with Gasteiger partial charge < -0.3 is 39.6 Å². The molecule has 0 unspecified atom stereocenters. The first-order chi connectivity index (χ1) is 7.25. The van der Waals surface area contributed by atoms with Gasteiger partial charge in [-0.25, -0.2) is 0 Å². The van der Waals surface area contributed by atoms with Gasteiger partial charge in [0.05, 0.1) is 23.9 Å². The van der Waals surface area contributed by atoms with Gasteiger partial charge in [-0.15, -0.1) is 0 Å². The zero-order valence-corrected chi connectivity index (χ0v) is 19.4. The summed E-state index contributed by atoms with van der Waals surface area (Å²) in [5, 5.41) is 40.8. The van der Waals surface area contributed by atoms with E-state index in [4.69, 9.17) is 0 Å². The number of carbonyl (C=O) groups is 4. The Morgan fingerprint density at radius 2 is 0.750 bits per heavy atom. The number of carbonyl (C=O) groups excluding carboxylic acids is 4. The molecule has 0 aromatic carbocycles. The van der Waals surface area contributed by atoms with Gasteiger partial charge in [0.1, 0.15) is 0 Å². The van der Waals surface area contributed by atoms with Crippen LogP contribution < -0.4 is 139 Å². The van der Waals surface area contributed by atoms with Crippen LogP contribution in [-0.4, -0.2) is 23.9 Å². The summed E-state index contributed by atoms with van der Waals surface area (Å²) in [4.78, 5) is 40.8. The van der Waals surface area contributed by atoms with Crippen molar-refractivity contribution in [1.82, 2.24) is 0 Å². The van der Waals surface area contributed by atoms with E-state index in [1.165, 1.54) is 0 Å². The summed E-state index contributed by atoms with van der Waals surface area (Å²) in [6.07, 6.45) is -0.278. The number of carboxylic acid groups (broad SMARTS) is 4. The maximum Gasteiger partial charge on any atom is 1.00 e. The minimum Gasteiger partial charge on any atom is -0.545 e. The van der Waals surface area contributed by atoms with Gasteiger partial charge in [-0.05, 0) is 12.2 Å². The fourth-order valence-corrected chi connectivity index (χ4v) is 0.729. The summed E-state index contributed by atoms with van der Waals surface area (Å²) in [7, 11) is 0. The van der Waals surface area contributed by atoms with Crippen molar-refractivity contribution in [3.05, 3.63) is 23.3 Å². The molecule has 0 saturated heterocycles. The van der Waals surface area contributed by atoms with Crippen molar-refractivity contribution in [1.29, 1.82) is 0 Å². The molecular weight excluding hydrogens is 316 g/mol. The van der Waals surface area contributed by atoms with E-state index < -0.39 is 35.0 Å². The zero-order valence-electron chi connectivity index (χ0n) is 11.4. The van der Waals surface area contributed by atoms with Crippen molar-refractivity contribution in [2.75, 3.05) is 0 Å². The van der Waals surface area contributed by atoms with Crippen molar-refractivity contribution in [2.45, 2.75) is 0 Å². The largest absolute Gasteiger partial charge is 1.00 e. The number of rotatable bonds is 5. The number of hydrogen-bond acceptors (Lipinski definition) is 8. The summed E-state index contributed by atoms with van der Waals surface area (Å²) in [5.74, 6) is -8.49. The molecule has 12 heteroatoms. The molecule has 0 fully saturated rings. The van der Waals surface area contributed by atoms with Gasteiger partial charge >= 0.3 is 118 Å². The van der Waals surface area contributed by atoms with Crippen LogP contribution in [0.15, 0.2) is 23.3 Å². The minimum absolute atomic E-state index is 0. The third-order valence-electron chi connectivity index (χ3n) is 1.25. The Morgan fingerprint density at radius 3 is 0.850 bits per heavy atom. The first kappa shape index (κ1) is 33.1. The molecule has 0 aliphatic carbocycles. The SMILES string of the molecule is O=C([O-])C=C(C(=O)[O-])C(=CC(=O)[O-])C(=O)[O-].[Na+].[Na+].[Na+].[Na+]. The Hall–Kier alpha value is 1.36. The van der Waals surface area contributed by atoms with Crippen LogP contribution in [0.2, 0.25) is 0 Å². The monoisotopic (exact) mass is 318 g/mol. The molecule has 0 atom stereocenters. The number of carboxylic acids is 4. The van der Waals surface area contributed by atoms with Gasteiger partial charge in [0.25, 0.3) is 0 Å². The van der Waals surface area contributed by atoms with Crippen LogP contribution in [0.25, 0.3) is 0 Å². The molecule has 0 amide bonds. The fraction of sp³-hybridized carbons (Fsp3) is 0. The van der Waals surface area contributed by atoms with Gasteiger partial charge in [-0.2, -0.15) is 0 Å². The first-order valence-corrected chi connectivity index (χ1v) is 3.54. The van der Waals surface area contributed by atoms with E-state index in [9.17, 15) is 39.6 Å². The molecule has 20 heavy (non-hydrogen) atoms. The van der Waals surface area contributed by atoms with Crippen molar-refractivity contribution < 1.29 is 158 Å². The van der Waals surface area contributed by atoms with Crippen LogP contribution >= 0.6 is 0 Å². The summed E-state index contributed by atoms with van der Waals surface area (Å²) in [6.45, 7) is 0. The maximum atomic E-state index is 10.3. The topological polar surface area (TPSA) is 161 Å². The van der Waals surface area contributed by atoms with E-state index in [-0.39, 0.29) is 130 Å². The van der Waals surface area contributed by atoms with Gasteiger partial charge in [-0.1, -0.05) is 0 Å². The van der Waals surface area contributed by atoms with Crippen molar-refractivity contribution in [2.24, 2.45) is 0 Å². The quantitative estimate of drug-likeness (QED) is 0.274. The van der Waals surface area contributed by atoms with Crippen molar-refractivity contribution in [3.8, 4) is 0 Å². The van der Waals surface area contributed by atoms with E-state index >= 15 is 0 Å². The van der Waals surface area contributed by atoms with Crippen molar-refractivity contribution >= 4 is 23.9 Å². The Labute approximate surface area is 201 Å². The van der Waals surface area contributed by atoms with Gasteiger partial charge in [0, 0.05) is 11.1 Å². The standard InChI is InChI=1S/C8H6O8.4Na/c9-5(10)1-3(7(13)14)4(8(15)16)2-6(11)12;;;;/h1-2H,(H,9,10)(H,11,12)(H,13,14)(H,15,16);;;;/q;4*+1/p-4. The third-order valence-corrected chi connectivity index (χ3v) is 1.25. The zero-order chi connectivity index (χ0) is 12.9. The number of aliphatic carboxylic acids is 4. The summed E-state index contributed by atoms with van der Waals surface area (Å²) < 4.78 is 0. The third kappa shape index (κ3) is 14.3. The van der Waals surface area contributed by atoms with Gasteiger partial charge in [-0.3, -0.25) is 0 Å². The Morgan fingerprint density at radius 1 is 0.550 bits per heavy atom. The molecule has 8 nitrogen and oxygen atoms in total. The second-order valence-corrected chi connectivity index (χ2v) is 2.33. The van der Waals surface area contributed by atoms with Crippen LogP contribution in [0.5, 0.6) is 0 Å². The van der Waals surface area contributed by atoms with Gasteiger partial charge in [0.2, 0.25) is 0 Å². The smallest absolute Gasteiger partial charge is 0.545 e. The van der Waals surface area contributed by atoms with E-state index in [0.29, 0.717) is 0 Å². The van der Waals surface area contributed by atoms with Crippen molar-refractivity contribution in [3.63, 3.8) is 0 Å². The average molecular weight is 318 g/mol. The molecule has 0 aliphatic heterocycles. The first-order valence-electron chi connectivity index (χ1n) is 3.54. The second-order valence-electron chi connectivity index (χ2n) is 2.33. The van der Waals surface area contributed by atoms with Gasteiger partial charge in [0.15, 0.2) is 0 Å². The fourth-order valence-electron chi connectivity index (χ4n) is 0.729. The summed E-state index contributed by atoms with van der Waals surface area (Å²) in [6, 6.07) is 0. The van der Waals surface area contributed by atoms with Crippen LogP contribution in [0, 0.1) is 0 Å². The molecule has 0 saturated carbocycles. The predicted octanol–water partition coefficient (Wildman–Crippen LogP) is -18.1. The van der Waals surface area contributed by atoms with E-state index in [1.54, 1.807) is 0 Å². The molecule has 0 bridgehead atoms. The van der Waals surface area contributed by atoms with E-state index in [2.05, 4.69) is 0 Å². The Bertz CT molecular complexity index is 388. The molecule has 0 aromatic heterocycles. The molecule has 86 valence electrons. The van der Waals surface area contributed by atoms with E-state index in [1.807, 2.05) is 0 Å². The van der Waals surface area contributed by atoms with Crippen LogP contribution in [0.3, 0.4) is 0 Å². The summed E-state index contributed by atoms with van der Waals surface area (Å²) >= 11 is 0. The molecule has 0 aromatic rings. The molecule has 0 spiro atoms. The second kappa shape index (κ2) is 16.7. The van der Waals surface area contributed by atoms with Crippen LogP contribution in [-0.2, 0) is 19.2 Å². The molecule has 0 aliphatic rings. The summed E-state index contributed by atoms with van der Waals surface area (Å²) in [5.41, 5.74) is -2.80. The van der Waals surface area contributed by atoms with E-state index in [0.717, 1.165) is 0 Å². The molecule has 0 heterocycles. The van der Waals surface area contributed by atoms with Crippen LogP contribution in [0.1, 0.15) is 0 Å². The van der Waals surface area contributed by atoms with Crippen LogP contribution in [0.4, 0.5) is 0 Å².